The molecule has 1 fully saturated rings. The van der Waals surface area contributed by atoms with E-state index in [9.17, 15) is 0 Å². The molecule has 0 atom stereocenters. The van der Waals surface area contributed by atoms with Crippen LogP contribution in [-0.4, -0.2) is 24.2 Å². The van der Waals surface area contributed by atoms with Gasteiger partial charge in [0.1, 0.15) is 5.82 Å². The van der Waals surface area contributed by atoms with Gasteiger partial charge < -0.3 is 10.1 Å². The van der Waals surface area contributed by atoms with Crippen molar-refractivity contribution in [3.05, 3.63) is 34.9 Å². The molecule has 0 radical (unpaired) electrons. The van der Waals surface area contributed by atoms with Crippen molar-refractivity contribution in [3.8, 4) is 0 Å². The normalized spacial score (nSPS) is 22.8. The SMILES string of the molecule is COC1CC(Nc2nccc3c(Br)cccc23)C1. The van der Waals surface area contributed by atoms with E-state index in [1.54, 1.807) is 7.11 Å². The topological polar surface area (TPSA) is 34.1 Å². The van der Waals surface area contributed by atoms with Gasteiger partial charge in [0.15, 0.2) is 0 Å². The summed E-state index contributed by atoms with van der Waals surface area (Å²) in [7, 11) is 1.77. The maximum absolute atomic E-state index is 5.29. The monoisotopic (exact) mass is 306 g/mol. The van der Waals surface area contributed by atoms with Crippen molar-refractivity contribution in [1.82, 2.24) is 4.98 Å². The Labute approximate surface area is 115 Å². The Morgan fingerprint density at radius 2 is 2.11 bits per heavy atom. The molecular weight excluding hydrogens is 292 g/mol. The predicted octanol–water partition coefficient (Wildman–Crippen LogP) is 3.59. The Balaban J connectivity index is 1.86. The van der Waals surface area contributed by atoms with Crippen molar-refractivity contribution >= 4 is 32.5 Å². The van der Waals surface area contributed by atoms with Gasteiger partial charge in [-0.1, -0.05) is 28.1 Å². The number of nitrogens with one attached hydrogen (secondary N) is 1. The molecule has 0 unspecified atom stereocenters. The lowest BCUT2D eigenvalue weighted by Crippen LogP contribution is -2.40. The zero-order valence-corrected chi connectivity index (χ0v) is 11.8. The van der Waals surface area contributed by atoms with Gasteiger partial charge in [0, 0.05) is 34.6 Å². The van der Waals surface area contributed by atoms with Gasteiger partial charge >= 0.3 is 0 Å². The van der Waals surface area contributed by atoms with Crippen molar-refractivity contribution in [2.45, 2.75) is 25.0 Å². The third-order valence-corrected chi connectivity index (χ3v) is 4.21. The molecule has 0 spiro atoms. The van der Waals surface area contributed by atoms with E-state index in [0.717, 1.165) is 28.5 Å². The zero-order valence-electron chi connectivity index (χ0n) is 10.2. The fourth-order valence-corrected chi connectivity index (χ4v) is 2.85. The number of benzene rings is 1. The fourth-order valence-electron chi connectivity index (χ4n) is 2.35. The Hall–Kier alpha value is -1.13. The highest BCUT2D eigenvalue weighted by Gasteiger charge is 2.29. The van der Waals surface area contributed by atoms with E-state index in [1.807, 2.05) is 18.3 Å². The highest BCUT2D eigenvalue weighted by atomic mass is 79.9. The van der Waals surface area contributed by atoms with Crippen LogP contribution < -0.4 is 5.32 Å². The second-order valence-electron chi connectivity index (χ2n) is 4.66. The summed E-state index contributed by atoms with van der Waals surface area (Å²) < 4.78 is 6.40. The predicted molar refractivity (Wildman–Crippen MR) is 76.9 cm³/mol. The van der Waals surface area contributed by atoms with Crippen LogP contribution in [0.2, 0.25) is 0 Å². The lowest BCUT2D eigenvalue weighted by molar-refractivity contribution is 0.0328. The molecule has 3 rings (SSSR count). The van der Waals surface area contributed by atoms with E-state index in [0.29, 0.717) is 12.1 Å². The molecule has 0 saturated heterocycles. The van der Waals surface area contributed by atoms with Crippen LogP contribution in [0, 0.1) is 0 Å². The number of hydrogen-bond acceptors (Lipinski definition) is 3. The van der Waals surface area contributed by atoms with E-state index < -0.39 is 0 Å². The average Bonchev–Trinajstić information content (AvgIpc) is 2.34. The molecule has 2 aromatic rings. The van der Waals surface area contributed by atoms with Crippen molar-refractivity contribution in [2.24, 2.45) is 0 Å². The number of anilines is 1. The first-order valence-corrected chi connectivity index (χ1v) is 6.90. The number of pyridine rings is 1. The number of fused-ring (bicyclic) bond motifs is 1. The molecule has 1 N–H and O–H groups in total. The van der Waals surface area contributed by atoms with Crippen LogP contribution in [0.15, 0.2) is 34.9 Å². The summed E-state index contributed by atoms with van der Waals surface area (Å²) in [6.45, 7) is 0. The average molecular weight is 307 g/mol. The molecule has 94 valence electrons. The van der Waals surface area contributed by atoms with Crippen LogP contribution in [0.3, 0.4) is 0 Å². The summed E-state index contributed by atoms with van der Waals surface area (Å²) in [5.74, 6) is 0.966. The third-order valence-electron chi connectivity index (χ3n) is 3.52. The summed E-state index contributed by atoms with van der Waals surface area (Å²) >= 11 is 3.57. The molecule has 18 heavy (non-hydrogen) atoms. The van der Waals surface area contributed by atoms with Crippen LogP contribution in [0.25, 0.3) is 10.8 Å². The highest BCUT2D eigenvalue weighted by molar-refractivity contribution is 9.10. The van der Waals surface area contributed by atoms with E-state index in [1.165, 1.54) is 5.39 Å². The van der Waals surface area contributed by atoms with Crippen molar-refractivity contribution in [2.75, 3.05) is 12.4 Å². The third kappa shape index (κ3) is 2.10. The lowest BCUT2D eigenvalue weighted by Gasteiger charge is -2.35. The molecule has 1 saturated carbocycles. The van der Waals surface area contributed by atoms with E-state index in [4.69, 9.17) is 4.74 Å². The first kappa shape index (κ1) is 11.9. The molecule has 0 bridgehead atoms. The van der Waals surface area contributed by atoms with Gasteiger partial charge in [-0.2, -0.15) is 0 Å². The minimum Gasteiger partial charge on any atom is -0.381 e. The second kappa shape index (κ2) is 4.86. The largest absolute Gasteiger partial charge is 0.381 e. The van der Waals surface area contributed by atoms with Crippen LogP contribution in [0.1, 0.15) is 12.8 Å². The van der Waals surface area contributed by atoms with E-state index in [2.05, 4.69) is 38.4 Å². The van der Waals surface area contributed by atoms with Gasteiger partial charge in [-0.25, -0.2) is 4.98 Å². The Morgan fingerprint density at radius 1 is 1.28 bits per heavy atom. The van der Waals surface area contributed by atoms with Gasteiger partial charge in [0.05, 0.1) is 6.10 Å². The van der Waals surface area contributed by atoms with Crippen molar-refractivity contribution in [3.63, 3.8) is 0 Å². The number of nitrogens with zero attached hydrogens (tertiary/aromatic N) is 1. The minimum atomic E-state index is 0.407. The van der Waals surface area contributed by atoms with Crippen molar-refractivity contribution in [1.29, 1.82) is 0 Å². The Bertz CT molecular complexity index is 567. The number of ether oxygens (including phenoxy) is 1. The molecule has 1 aliphatic rings. The molecule has 1 aromatic heterocycles. The fraction of sp³-hybridized carbons (Fsp3) is 0.357. The maximum atomic E-state index is 5.29. The standard InChI is InChI=1S/C14H15BrN2O/c1-18-10-7-9(8-10)17-14-12-3-2-4-13(15)11(12)5-6-16-14/h2-6,9-10H,7-8H2,1H3,(H,16,17). The number of aromatic nitrogens is 1. The van der Waals surface area contributed by atoms with Crippen LogP contribution in [0.4, 0.5) is 5.82 Å². The number of rotatable bonds is 3. The number of hydrogen-bond donors (Lipinski definition) is 1. The summed E-state index contributed by atoms with van der Waals surface area (Å²) in [5, 5.41) is 5.85. The van der Waals surface area contributed by atoms with Gasteiger partial charge in [0.25, 0.3) is 0 Å². The lowest BCUT2D eigenvalue weighted by atomic mass is 9.89. The van der Waals surface area contributed by atoms with Crippen LogP contribution in [-0.2, 0) is 4.74 Å². The Morgan fingerprint density at radius 3 is 2.89 bits per heavy atom. The summed E-state index contributed by atoms with van der Waals surface area (Å²) in [6.07, 6.45) is 4.37. The maximum Gasteiger partial charge on any atom is 0.134 e. The van der Waals surface area contributed by atoms with Crippen LogP contribution >= 0.6 is 15.9 Å². The molecule has 3 nitrogen and oxygen atoms in total. The molecule has 0 amide bonds. The Kier molecular flexibility index (Phi) is 3.22. The molecule has 1 aromatic carbocycles. The molecule has 4 heteroatoms. The van der Waals surface area contributed by atoms with Gasteiger partial charge in [-0.3, -0.25) is 0 Å². The molecule has 1 aliphatic carbocycles. The molecular formula is C14H15BrN2O. The smallest absolute Gasteiger partial charge is 0.134 e. The number of methoxy groups -OCH3 is 1. The summed E-state index contributed by atoms with van der Waals surface area (Å²) in [4.78, 5) is 4.45. The minimum absolute atomic E-state index is 0.407. The summed E-state index contributed by atoms with van der Waals surface area (Å²) in [6, 6.07) is 8.70. The van der Waals surface area contributed by atoms with Crippen molar-refractivity contribution < 1.29 is 4.74 Å². The van der Waals surface area contributed by atoms with Gasteiger partial charge in [-0.05, 0) is 25.0 Å². The van der Waals surface area contributed by atoms with Gasteiger partial charge in [0.2, 0.25) is 0 Å². The zero-order chi connectivity index (χ0) is 12.5. The van der Waals surface area contributed by atoms with E-state index >= 15 is 0 Å². The highest BCUT2D eigenvalue weighted by Crippen LogP contribution is 2.31. The quantitative estimate of drug-likeness (QED) is 0.941. The van der Waals surface area contributed by atoms with E-state index in [-0.39, 0.29) is 0 Å². The van der Waals surface area contributed by atoms with Crippen LogP contribution in [0.5, 0.6) is 0 Å². The number of halogens is 1. The second-order valence-corrected chi connectivity index (χ2v) is 5.52. The molecule has 0 aliphatic heterocycles. The summed E-state index contributed by atoms with van der Waals surface area (Å²) in [5.41, 5.74) is 0. The first-order chi connectivity index (χ1) is 8.78. The van der Waals surface area contributed by atoms with Gasteiger partial charge in [-0.15, -0.1) is 0 Å². The first-order valence-electron chi connectivity index (χ1n) is 6.10. The molecule has 1 heterocycles.